The molecule has 3 N–H and O–H groups in total. The predicted molar refractivity (Wildman–Crippen MR) is 79.2 cm³/mol. The molecule has 1 aromatic heterocycles. The van der Waals surface area contributed by atoms with Crippen molar-refractivity contribution in [3.05, 3.63) is 39.3 Å². The zero-order valence-electron chi connectivity index (χ0n) is 11.2. The Labute approximate surface area is 116 Å². The van der Waals surface area contributed by atoms with E-state index in [1.807, 2.05) is 19.9 Å². The monoisotopic (exact) mass is 272 g/mol. The van der Waals surface area contributed by atoms with Crippen molar-refractivity contribution in [3.8, 4) is 6.07 Å². The maximum atomic E-state index is 8.82. The summed E-state index contributed by atoms with van der Waals surface area (Å²) in [5.41, 5.74) is 8.99. The Kier molecular flexibility index (Phi) is 3.72. The van der Waals surface area contributed by atoms with E-state index in [9.17, 15) is 0 Å². The van der Waals surface area contributed by atoms with Crippen molar-refractivity contribution in [2.24, 2.45) is 0 Å². The van der Waals surface area contributed by atoms with Gasteiger partial charge in [-0.05, 0) is 39.0 Å². The molecule has 0 aliphatic rings. The van der Waals surface area contributed by atoms with E-state index in [1.54, 1.807) is 23.5 Å². The highest BCUT2D eigenvalue weighted by molar-refractivity contribution is 7.11. The molecule has 0 radical (unpaired) electrons. The Morgan fingerprint density at radius 2 is 2.16 bits per heavy atom. The summed E-state index contributed by atoms with van der Waals surface area (Å²) in [6, 6.07) is 7.50. The maximum Gasteiger partial charge on any atom is 0.0992 e. The van der Waals surface area contributed by atoms with Gasteiger partial charge in [-0.1, -0.05) is 0 Å². The summed E-state index contributed by atoms with van der Waals surface area (Å²) in [5, 5.41) is 13.3. The van der Waals surface area contributed by atoms with Gasteiger partial charge in [-0.25, -0.2) is 4.98 Å². The van der Waals surface area contributed by atoms with Gasteiger partial charge in [-0.2, -0.15) is 5.26 Å². The molecule has 4 nitrogen and oxygen atoms in total. The first-order valence-corrected chi connectivity index (χ1v) is 6.83. The van der Waals surface area contributed by atoms with Crippen LogP contribution in [0.1, 0.15) is 34.1 Å². The van der Waals surface area contributed by atoms with Crippen LogP contribution in [0.4, 0.5) is 11.4 Å². The Morgan fingerprint density at radius 3 is 2.68 bits per heavy atom. The van der Waals surface area contributed by atoms with Gasteiger partial charge in [0.2, 0.25) is 0 Å². The van der Waals surface area contributed by atoms with Crippen LogP contribution in [0.3, 0.4) is 0 Å². The molecule has 0 amide bonds. The lowest BCUT2D eigenvalue weighted by Crippen LogP contribution is -2.08. The zero-order chi connectivity index (χ0) is 14.0. The van der Waals surface area contributed by atoms with Crippen LogP contribution in [-0.2, 0) is 0 Å². The molecular weight excluding hydrogens is 256 g/mol. The number of nitrogen functional groups attached to an aromatic ring is 1. The van der Waals surface area contributed by atoms with Crippen molar-refractivity contribution in [2.75, 3.05) is 11.1 Å². The van der Waals surface area contributed by atoms with E-state index < -0.39 is 0 Å². The van der Waals surface area contributed by atoms with Crippen LogP contribution < -0.4 is 11.1 Å². The van der Waals surface area contributed by atoms with Crippen LogP contribution in [0.5, 0.6) is 0 Å². The summed E-state index contributed by atoms with van der Waals surface area (Å²) in [5.74, 6) is 0. The lowest BCUT2D eigenvalue weighted by Gasteiger charge is -2.16. The summed E-state index contributed by atoms with van der Waals surface area (Å²) in [4.78, 5) is 5.64. The van der Waals surface area contributed by atoms with Crippen molar-refractivity contribution in [1.29, 1.82) is 5.26 Å². The van der Waals surface area contributed by atoms with E-state index in [0.29, 0.717) is 11.3 Å². The first kappa shape index (κ1) is 13.4. The minimum absolute atomic E-state index is 0.140. The molecule has 2 rings (SSSR count). The molecule has 0 saturated heterocycles. The molecule has 1 heterocycles. The minimum Gasteiger partial charge on any atom is -0.397 e. The van der Waals surface area contributed by atoms with Gasteiger partial charge in [0.15, 0.2) is 0 Å². The molecule has 0 saturated carbocycles. The molecule has 0 spiro atoms. The number of nitriles is 1. The molecule has 1 atom stereocenters. The minimum atomic E-state index is 0.140. The lowest BCUT2D eigenvalue weighted by atomic mass is 10.1. The number of anilines is 2. The van der Waals surface area contributed by atoms with E-state index in [-0.39, 0.29) is 6.04 Å². The summed E-state index contributed by atoms with van der Waals surface area (Å²) in [7, 11) is 0. The third kappa shape index (κ3) is 2.85. The number of nitrogens with two attached hydrogens (primary N) is 1. The Hall–Kier alpha value is -2.06. The van der Waals surface area contributed by atoms with Crippen LogP contribution in [-0.4, -0.2) is 4.98 Å². The first-order valence-electron chi connectivity index (χ1n) is 6.01. The van der Waals surface area contributed by atoms with Gasteiger partial charge in [0, 0.05) is 4.88 Å². The van der Waals surface area contributed by atoms with Crippen LogP contribution in [0.15, 0.2) is 18.2 Å². The van der Waals surface area contributed by atoms with Crippen molar-refractivity contribution in [2.45, 2.75) is 26.8 Å². The zero-order valence-corrected chi connectivity index (χ0v) is 12.0. The number of aryl methyl sites for hydroxylation is 2. The number of thiazole rings is 1. The molecule has 1 aromatic carbocycles. The van der Waals surface area contributed by atoms with Gasteiger partial charge in [0.25, 0.3) is 0 Å². The van der Waals surface area contributed by atoms with Gasteiger partial charge < -0.3 is 11.1 Å². The van der Waals surface area contributed by atoms with E-state index in [1.165, 1.54) is 4.88 Å². The van der Waals surface area contributed by atoms with E-state index in [2.05, 4.69) is 23.3 Å². The molecule has 1 unspecified atom stereocenters. The molecule has 0 fully saturated rings. The van der Waals surface area contributed by atoms with Crippen molar-refractivity contribution >= 4 is 22.7 Å². The Bertz CT molecular complexity index is 639. The second kappa shape index (κ2) is 5.29. The molecule has 98 valence electrons. The fourth-order valence-electron chi connectivity index (χ4n) is 2.01. The smallest absolute Gasteiger partial charge is 0.0992 e. The topological polar surface area (TPSA) is 74.7 Å². The number of benzene rings is 1. The first-order chi connectivity index (χ1) is 9.01. The number of hydrogen-bond acceptors (Lipinski definition) is 5. The number of nitrogens with one attached hydrogen (secondary N) is 1. The molecule has 0 aliphatic carbocycles. The predicted octanol–water partition coefficient (Wildman–Crippen LogP) is 3.39. The molecule has 2 aromatic rings. The molecule has 0 bridgehead atoms. The average molecular weight is 272 g/mol. The second-order valence-corrected chi connectivity index (χ2v) is 5.70. The van der Waals surface area contributed by atoms with Crippen LogP contribution >= 0.6 is 11.3 Å². The molecule has 0 aliphatic heterocycles. The van der Waals surface area contributed by atoms with Crippen LogP contribution in [0.2, 0.25) is 0 Å². The molecule has 19 heavy (non-hydrogen) atoms. The normalized spacial score (nSPS) is 11.9. The molecule has 5 heteroatoms. The lowest BCUT2D eigenvalue weighted by molar-refractivity contribution is 0.890. The van der Waals surface area contributed by atoms with Crippen molar-refractivity contribution in [1.82, 2.24) is 4.98 Å². The standard InChI is InChI=1S/C14H16N4S/c1-8-14(19-10(3)17-8)9(2)18-13-5-4-11(7-15)6-12(13)16/h4-6,9,18H,16H2,1-3H3. The van der Waals surface area contributed by atoms with E-state index >= 15 is 0 Å². The highest BCUT2D eigenvalue weighted by Gasteiger charge is 2.13. The highest BCUT2D eigenvalue weighted by Crippen LogP contribution is 2.29. The fraction of sp³-hybridized carbons (Fsp3) is 0.286. The maximum absolute atomic E-state index is 8.82. The summed E-state index contributed by atoms with van der Waals surface area (Å²) in [6.07, 6.45) is 0. The summed E-state index contributed by atoms with van der Waals surface area (Å²) in [6.45, 7) is 6.10. The Balaban J connectivity index is 2.22. The SMILES string of the molecule is Cc1nc(C)c(C(C)Nc2ccc(C#N)cc2N)s1. The average Bonchev–Trinajstić information content (AvgIpc) is 2.71. The number of aromatic nitrogens is 1. The Morgan fingerprint density at radius 1 is 1.42 bits per heavy atom. The summed E-state index contributed by atoms with van der Waals surface area (Å²) >= 11 is 1.69. The summed E-state index contributed by atoms with van der Waals surface area (Å²) < 4.78 is 0. The van der Waals surface area contributed by atoms with Crippen molar-refractivity contribution in [3.63, 3.8) is 0 Å². The van der Waals surface area contributed by atoms with Crippen LogP contribution in [0, 0.1) is 25.2 Å². The largest absolute Gasteiger partial charge is 0.397 e. The number of hydrogen-bond donors (Lipinski definition) is 2. The van der Waals surface area contributed by atoms with Crippen LogP contribution in [0.25, 0.3) is 0 Å². The molecular formula is C14H16N4S. The highest BCUT2D eigenvalue weighted by atomic mass is 32.1. The fourth-order valence-corrected chi connectivity index (χ4v) is 2.94. The van der Waals surface area contributed by atoms with Gasteiger partial charge in [0.05, 0.1) is 39.8 Å². The third-order valence-corrected chi connectivity index (χ3v) is 4.14. The van der Waals surface area contributed by atoms with E-state index in [4.69, 9.17) is 11.0 Å². The number of rotatable bonds is 3. The number of nitrogens with zero attached hydrogens (tertiary/aromatic N) is 2. The van der Waals surface area contributed by atoms with Gasteiger partial charge >= 0.3 is 0 Å². The van der Waals surface area contributed by atoms with Gasteiger partial charge in [-0.15, -0.1) is 11.3 Å². The van der Waals surface area contributed by atoms with Gasteiger partial charge in [0.1, 0.15) is 0 Å². The second-order valence-electron chi connectivity index (χ2n) is 4.46. The van der Waals surface area contributed by atoms with Gasteiger partial charge in [-0.3, -0.25) is 0 Å². The third-order valence-electron chi connectivity index (χ3n) is 2.89. The quantitative estimate of drug-likeness (QED) is 0.840. The van der Waals surface area contributed by atoms with Crippen molar-refractivity contribution < 1.29 is 0 Å². The van der Waals surface area contributed by atoms with E-state index in [0.717, 1.165) is 16.4 Å².